The van der Waals surface area contributed by atoms with Crippen molar-refractivity contribution in [1.82, 2.24) is 0 Å². The molecule has 0 aliphatic heterocycles. The van der Waals surface area contributed by atoms with Crippen molar-refractivity contribution in [3.8, 4) is 0 Å². The first-order chi connectivity index (χ1) is 7.61. The molecule has 1 aliphatic rings. The lowest BCUT2D eigenvalue weighted by atomic mass is 9.93. The minimum absolute atomic E-state index is 0.120. The van der Waals surface area contributed by atoms with Crippen molar-refractivity contribution in [3.63, 3.8) is 0 Å². The zero-order chi connectivity index (χ0) is 11.7. The summed E-state index contributed by atoms with van der Waals surface area (Å²) >= 11 is 3.08. The van der Waals surface area contributed by atoms with Gasteiger partial charge in [-0.15, -0.1) is 0 Å². The maximum atomic E-state index is 13.7. The highest BCUT2D eigenvalue weighted by Gasteiger charge is 2.32. The first-order valence-electron chi connectivity index (χ1n) is 5.35. The molecule has 1 aromatic rings. The number of hydrogen-bond acceptors (Lipinski definition) is 2. The summed E-state index contributed by atoms with van der Waals surface area (Å²) in [6.45, 7) is 0. The summed E-state index contributed by atoms with van der Waals surface area (Å²) in [4.78, 5) is 12.1. The molecule has 0 radical (unpaired) electrons. The van der Waals surface area contributed by atoms with E-state index in [0.29, 0.717) is 4.47 Å². The number of nitrogens with two attached hydrogens (primary N) is 1. The first-order valence-corrected chi connectivity index (χ1v) is 6.14. The van der Waals surface area contributed by atoms with E-state index in [1.807, 2.05) is 0 Å². The number of benzene rings is 1. The van der Waals surface area contributed by atoms with Crippen LogP contribution in [0.3, 0.4) is 0 Å². The molecule has 0 saturated heterocycles. The SMILES string of the molecule is NC1CCCC1C(=O)c1cccc(Br)c1F. The van der Waals surface area contributed by atoms with Crippen molar-refractivity contribution in [2.75, 3.05) is 0 Å². The van der Waals surface area contributed by atoms with Crippen LogP contribution in [-0.2, 0) is 0 Å². The van der Waals surface area contributed by atoms with Crippen LogP contribution in [0.4, 0.5) is 4.39 Å². The van der Waals surface area contributed by atoms with Gasteiger partial charge in [0.1, 0.15) is 5.82 Å². The van der Waals surface area contributed by atoms with E-state index >= 15 is 0 Å². The van der Waals surface area contributed by atoms with Crippen LogP contribution in [0.1, 0.15) is 29.6 Å². The zero-order valence-corrected chi connectivity index (χ0v) is 10.3. The third kappa shape index (κ3) is 2.04. The standard InChI is InChI=1S/C12H13BrFNO/c13-9-5-1-4-8(11(9)14)12(16)7-3-2-6-10(7)15/h1,4-5,7,10H,2-3,6,15H2. The van der Waals surface area contributed by atoms with Gasteiger partial charge in [0.05, 0.1) is 10.0 Å². The lowest BCUT2D eigenvalue weighted by molar-refractivity contribution is 0.0909. The van der Waals surface area contributed by atoms with Crippen LogP contribution >= 0.6 is 15.9 Å². The van der Waals surface area contributed by atoms with Crippen LogP contribution in [0.15, 0.2) is 22.7 Å². The fourth-order valence-electron chi connectivity index (χ4n) is 2.21. The molecule has 0 bridgehead atoms. The second kappa shape index (κ2) is 4.63. The molecule has 2 rings (SSSR count). The molecular formula is C12H13BrFNO. The van der Waals surface area contributed by atoms with E-state index in [9.17, 15) is 9.18 Å². The second-order valence-corrected chi connectivity index (χ2v) is 5.02. The topological polar surface area (TPSA) is 43.1 Å². The average molecular weight is 286 g/mol. The van der Waals surface area contributed by atoms with Gasteiger partial charge in [-0.25, -0.2) is 4.39 Å². The van der Waals surface area contributed by atoms with Crippen molar-refractivity contribution in [2.24, 2.45) is 11.7 Å². The van der Waals surface area contributed by atoms with E-state index < -0.39 is 5.82 Å². The molecule has 2 atom stereocenters. The lowest BCUT2D eigenvalue weighted by Crippen LogP contribution is -2.31. The van der Waals surface area contributed by atoms with Gasteiger partial charge in [0.15, 0.2) is 5.78 Å². The van der Waals surface area contributed by atoms with Gasteiger partial charge < -0.3 is 5.73 Å². The van der Waals surface area contributed by atoms with Crippen molar-refractivity contribution in [3.05, 3.63) is 34.1 Å². The van der Waals surface area contributed by atoms with Crippen molar-refractivity contribution >= 4 is 21.7 Å². The van der Waals surface area contributed by atoms with Gasteiger partial charge in [-0.1, -0.05) is 12.5 Å². The largest absolute Gasteiger partial charge is 0.327 e. The number of hydrogen-bond donors (Lipinski definition) is 1. The summed E-state index contributed by atoms with van der Waals surface area (Å²) in [7, 11) is 0. The Hall–Kier alpha value is -0.740. The molecule has 0 heterocycles. The van der Waals surface area contributed by atoms with Crippen LogP contribution in [0, 0.1) is 11.7 Å². The lowest BCUT2D eigenvalue weighted by Gasteiger charge is -2.14. The Morgan fingerprint density at radius 2 is 2.19 bits per heavy atom. The predicted octanol–water partition coefficient (Wildman–Crippen LogP) is 2.90. The van der Waals surface area contributed by atoms with Crippen LogP contribution in [-0.4, -0.2) is 11.8 Å². The Balaban J connectivity index is 2.30. The molecule has 1 aromatic carbocycles. The third-order valence-electron chi connectivity index (χ3n) is 3.12. The summed E-state index contributed by atoms with van der Waals surface area (Å²) in [5.74, 6) is -0.862. The highest BCUT2D eigenvalue weighted by atomic mass is 79.9. The van der Waals surface area contributed by atoms with E-state index in [0.717, 1.165) is 19.3 Å². The molecule has 0 spiro atoms. The normalized spacial score (nSPS) is 24.7. The molecule has 1 saturated carbocycles. The van der Waals surface area contributed by atoms with E-state index in [2.05, 4.69) is 15.9 Å². The number of carbonyl (C=O) groups excluding carboxylic acids is 1. The number of ketones is 1. The average Bonchev–Trinajstić information content (AvgIpc) is 2.68. The van der Waals surface area contributed by atoms with Crippen molar-refractivity contribution in [1.29, 1.82) is 0 Å². The van der Waals surface area contributed by atoms with Crippen LogP contribution in [0.25, 0.3) is 0 Å². The Morgan fingerprint density at radius 1 is 1.44 bits per heavy atom. The van der Waals surface area contributed by atoms with Gasteiger partial charge >= 0.3 is 0 Å². The summed E-state index contributed by atoms with van der Waals surface area (Å²) in [5, 5.41) is 0. The Morgan fingerprint density at radius 3 is 2.81 bits per heavy atom. The van der Waals surface area contributed by atoms with Crippen LogP contribution < -0.4 is 5.73 Å². The Kier molecular flexibility index (Phi) is 3.40. The summed E-state index contributed by atoms with van der Waals surface area (Å²) in [6, 6.07) is 4.65. The minimum Gasteiger partial charge on any atom is -0.327 e. The number of halogens is 2. The monoisotopic (exact) mass is 285 g/mol. The summed E-state index contributed by atoms with van der Waals surface area (Å²) < 4.78 is 14.0. The smallest absolute Gasteiger partial charge is 0.170 e. The zero-order valence-electron chi connectivity index (χ0n) is 8.75. The van der Waals surface area contributed by atoms with Gasteiger partial charge in [-0.3, -0.25) is 4.79 Å². The number of carbonyl (C=O) groups is 1. The maximum Gasteiger partial charge on any atom is 0.170 e. The molecule has 4 heteroatoms. The molecule has 1 fully saturated rings. The molecule has 16 heavy (non-hydrogen) atoms. The van der Waals surface area contributed by atoms with Gasteiger partial charge in [0.2, 0.25) is 0 Å². The fraction of sp³-hybridized carbons (Fsp3) is 0.417. The number of Topliss-reactive ketones (excluding diaryl/α,β-unsaturated/α-hetero) is 1. The molecule has 0 aromatic heterocycles. The number of rotatable bonds is 2. The Labute approximate surface area is 102 Å². The third-order valence-corrected chi connectivity index (χ3v) is 3.74. The molecule has 2 nitrogen and oxygen atoms in total. The van der Waals surface area contributed by atoms with Gasteiger partial charge in [0.25, 0.3) is 0 Å². The molecule has 2 N–H and O–H groups in total. The Bertz CT molecular complexity index is 421. The highest BCUT2D eigenvalue weighted by molar-refractivity contribution is 9.10. The van der Waals surface area contributed by atoms with Crippen molar-refractivity contribution < 1.29 is 9.18 Å². The van der Waals surface area contributed by atoms with Crippen molar-refractivity contribution in [2.45, 2.75) is 25.3 Å². The first kappa shape index (κ1) is 11.7. The molecule has 2 unspecified atom stereocenters. The van der Waals surface area contributed by atoms with E-state index in [4.69, 9.17) is 5.73 Å². The van der Waals surface area contributed by atoms with E-state index in [-0.39, 0.29) is 23.3 Å². The minimum atomic E-state index is -0.480. The predicted molar refractivity (Wildman–Crippen MR) is 63.7 cm³/mol. The molecule has 1 aliphatic carbocycles. The highest BCUT2D eigenvalue weighted by Crippen LogP contribution is 2.29. The summed E-state index contributed by atoms with van der Waals surface area (Å²) in [6.07, 6.45) is 2.57. The van der Waals surface area contributed by atoms with Gasteiger partial charge in [0, 0.05) is 12.0 Å². The van der Waals surface area contributed by atoms with E-state index in [1.54, 1.807) is 12.1 Å². The molecule has 86 valence electrons. The summed E-state index contributed by atoms with van der Waals surface area (Å²) in [5.41, 5.74) is 6.00. The van der Waals surface area contributed by atoms with E-state index in [1.165, 1.54) is 6.07 Å². The fourth-order valence-corrected chi connectivity index (χ4v) is 2.57. The van der Waals surface area contributed by atoms with Crippen LogP contribution in [0.2, 0.25) is 0 Å². The maximum absolute atomic E-state index is 13.7. The van der Waals surface area contributed by atoms with Crippen LogP contribution in [0.5, 0.6) is 0 Å². The van der Waals surface area contributed by atoms with Gasteiger partial charge in [-0.05, 0) is 40.9 Å². The molecule has 0 amide bonds. The second-order valence-electron chi connectivity index (χ2n) is 4.17. The molecular weight excluding hydrogens is 273 g/mol. The quantitative estimate of drug-likeness (QED) is 0.849. The van der Waals surface area contributed by atoms with Gasteiger partial charge in [-0.2, -0.15) is 0 Å².